The Balaban J connectivity index is 1.85. The van der Waals surface area contributed by atoms with Crippen LogP contribution in [0.25, 0.3) is 0 Å². The van der Waals surface area contributed by atoms with Crippen molar-refractivity contribution in [3.8, 4) is 0 Å². The summed E-state index contributed by atoms with van der Waals surface area (Å²) in [6.07, 6.45) is 0.914. The summed E-state index contributed by atoms with van der Waals surface area (Å²) < 4.78 is 0. The third-order valence-electron chi connectivity index (χ3n) is 3.80. The van der Waals surface area contributed by atoms with Gasteiger partial charge in [-0.2, -0.15) is 0 Å². The van der Waals surface area contributed by atoms with E-state index in [2.05, 4.69) is 5.32 Å². The Hall–Kier alpha value is -2.17. The monoisotopic (exact) mass is 258 g/mol. The molecule has 0 aromatic heterocycles. The van der Waals surface area contributed by atoms with Gasteiger partial charge in [0.2, 0.25) is 5.91 Å². The zero-order valence-corrected chi connectivity index (χ0v) is 10.8. The van der Waals surface area contributed by atoms with E-state index in [9.17, 15) is 14.4 Å². The number of fused-ring (bicyclic) bond motifs is 1. The van der Waals surface area contributed by atoms with Gasteiger partial charge in [0.05, 0.1) is 11.1 Å². The van der Waals surface area contributed by atoms with Gasteiger partial charge in [-0.1, -0.05) is 6.92 Å². The maximum absolute atomic E-state index is 11.8. The zero-order valence-electron chi connectivity index (χ0n) is 10.8. The number of imide groups is 1. The normalized spacial score (nSPS) is 24.4. The van der Waals surface area contributed by atoms with Gasteiger partial charge in [-0.3, -0.25) is 19.3 Å². The maximum Gasteiger partial charge on any atom is 0.261 e. The second-order valence-corrected chi connectivity index (χ2v) is 5.24. The van der Waals surface area contributed by atoms with Crippen molar-refractivity contribution in [2.24, 2.45) is 11.8 Å². The number of carbonyl (C=O) groups excluding carboxylic acids is 3. The number of rotatable bonds is 2. The molecule has 5 heteroatoms. The number of amides is 3. The lowest BCUT2D eigenvalue weighted by Crippen LogP contribution is -2.24. The first-order valence-corrected chi connectivity index (χ1v) is 6.26. The predicted molar refractivity (Wildman–Crippen MR) is 68.8 cm³/mol. The number of nitrogens with one attached hydrogen (secondary N) is 1. The van der Waals surface area contributed by atoms with Crippen molar-refractivity contribution in [2.75, 3.05) is 12.4 Å². The highest BCUT2D eigenvalue weighted by Gasteiger charge is 2.39. The minimum absolute atomic E-state index is 0.0161. The fraction of sp³-hybridized carbons (Fsp3) is 0.357. The number of nitrogens with zero attached hydrogens (tertiary/aromatic N) is 1. The van der Waals surface area contributed by atoms with Crippen molar-refractivity contribution >= 4 is 23.4 Å². The Morgan fingerprint density at radius 3 is 2.53 bits per heavy atom. The van der Waals surface area contributed by atoms with Gasteiger partial charge >= 0.3 is 0 Å². The number of carbonyl (C=O) groups is 3. The van der Waals surface area contributed by atoms with Crippen molar-refractivity contribution in [3.05, 3.63) is 29.3 Å². The van der Waals surface area contributed by atoms with Crippen molar-refractivity contribution < 1.29 is 14.4 Å². The Labute approximate surface area is 110 Å². The fourth-order valence-corrected chi connectivity index (χ4v) is 2.36. The summed E-state index contributed by atoms with van der Waals surface area (Å²) in [5.74, 6) is -0.126. The highest BCUT2D eigenvalue weighted by molar-refractivity contribution is 6.21. The molecule has 1 aromatic carbocycles. The molecule has 1 heterocycles. The van der Waals surface area contributed by atoms with E-state index >= 15 is 0 Å². The Morgan fingerprint density at radius 1 is 1.26 bits per heavy atom. The first-order chi connectivity index (χ1) is 8.99. The van der Waals surface area contributed by atoms with E-state index in [1.807, 2.05) is 6.92 Å². The van der Waals surface area contributed by atoms with Crippen molar-refractivity contribution in [1.29, 1.82) is 0 Å². The van der Waals surface area contributed by atoms with Crippen LogP contribution in [0, 0.1) is 11.8 Å². The number of hydrogen-bond acceptors (Lipinski definition) is 3. The fourth-order valence-electron chi connectivity index (χ4n) is 2.36. The second kappa shape index (κ2) is 3.91. The quantitative estimate of drug-likeness (QED) is 0.818. The summed E-state index contributed by atoms with van der Waals surface area (Å²) in [7, 11) is 1.45. The van der Waals surface area contributed by atoms with Gasteiger partial charge in [0, 0.05) is 18.7 Å². The minimum Gasteiger partial charge on any atom is -0.326 e. The second-order valence-electron chi connectivity index (χ2n) is 5.24. The van der Waals surface area contributed by atoms with Crippen LogP contribution < -0.4 is 5.32 Å². The van der Waals surface area contributed by atoms with Crippen LogP contribution in [-0.2, 0) is 4.79 Å². The summed E-state index contributed by atoms with van der Waals surface area (Å²) in [4.78, 5) is 36.5. The summed E-state index contributed by atoms with van der Waals surface area (Å²) in [5.41, 5.74) is 1.32. The van der Waals surface area contributed by atoms with E-state index in [1.165, 1.54) is 7.05 Å². The van der Waals surface area contributed by atoms with Gasteiger partial charge in [-0.15, -0.1) is 0 Å². The first-order valence-electron chi connectivity index (χ1n) is 6.26. The van der Waals surface area contributed by atoms with E-state index in [1.54, 1.807) is 18.2 Å². The molecule has 1 aromatic rings. The smallest absolute Gasteiger partial charge is 0.261 e. The largest absolute Gasteiger partial charge is 0.326 e. The Morgan fingerprint density at radius 2 is 1.89 bits per heavy atom. The molecule has 1 saturated carbocycles. The van der Waals surface area contributed by atoms with Crippen LogP contribution in [0.2, 0.25) is 0 Å². The van der Waals surface area contributed by atoms with Gasteiger partial charge in [-0.05, 0) is 30.5 Å². The van der Waals surface area contributed by atoms with E-state index in [0.29, 0.717) is 22.7 Å². The van der Waals surface area contributed by atoms with Gasteiger partial charge in [-0.25, -0.2) is 0 Å². The van der Waals surface area contributed by atoms with Crippen molar-refractivity contribution in [1.82, 2.24) is 4.90 Å². The van der Waals surface area contributed by atoms with Crippen molar-refractivity contribution in [3.63, 3.8) is 0 Å². The van der Waals surface area contributed by atoms with Gasteiger partial charge in [0.25, 0.3) is 11.8 Å². The molecule has 0 saturated heterocycles. The third-order valence-corrected chi connectivity index (χ3v) is 3.80. The van der Waals surface area contributed by atoms with Gasteiger partial charge in [0.15, 0.2) is 0 Å². The Bertz CT molecular complexity index is 609. The molecule has 0 bridgehead atoms. The number of benzene rings is 1. The first kappa shape index (κ1) is 11.9. The van der Waals surface area contributed by atoms with E-state index in [0.717, 1.165) is 11.3 Å². The summed E-state index contributed by atoms with van der Waals surface area (Å²) in [6, 6.07) is 4.82. The summed E-state index contributed by atoms with van der Waals surface area (Å²) >= 11 is 0. The van der Waals surface area contributed by atoms with Gasteiger partial charge in [0.1, 0.15) is 0 Å². The van der Waals surface area contributed by atoms with Crippen LogP contribution in [0.1, 0.15) is 34.1 Å². The molecule has 1 N–H and O–H groups in total. The number of hydrogen-bond donors (Lipinski definition) is 1. The lowest BCUT2D eigenvalue weighted by Gasteiger charge is -2.05. The SMILES string of the molecule is CC1CC1C(=O)Nc1ccc2c(c1)C(=O)N(C)C2=O. The van der Waals surface area contributed by atoms with E-state index in [-0.39, 0.29) is 23.6 Å². The zero-order chi connectivity index (χ0) is 13.7. The van der Waals surface area contributed by atoms with E-state index in [4.69, 9.17) is 0 Å². The van der Waals surface area contributed by atoms with E-state index < -0.39 is 0 Å². The predicted octanol–water partition coefficient (Wildman–Crippen LogP) is 1.51. The molecule has 98 valence electrons. The molecule has 1 fully saturated rings. The lowest BCUT2D eigenvalue weighted by atomic mass is 10.1. The molecule has 1 aliphatic carbocycles. The molecule has 2 unspecified atom stereocenters. The molecule has 19 heavy (non-hydrogen) atoms. The van der Waals surface area contributed by atoms with Gasteiger partial charge < -0.3 is 5.32 Å². The van der Waals surface area contributed by atoms with Crippen molar-refractivity contribution in [2.45, 2.75) is 13.3 Å². The average molecular weight is 258 g/mol. The van der Waals surface area contributed by atoms with Crippen LogP contribution in [0.5, 0.6) is 0 Å². The molecule has 2 aliphatic rings. The van der Waals surface area contributed by atoms with Crippen LogP contribution >= 0.6 is 0 Å². The van der Waals surface area contributed by atoms with Crippen LogP contribution in [0.3, 0.4) is 0 Å². The molecular weight excluding hydrogens is 244 g/mol. The highest BCUT2D eigenvalue weighted by atomic mass is 16.2. The molecule has 0 spiro atoms. The van der Waals surface area contributed by atoms with Crippen LogP contribution in [0.15, 0.2) is 18.2 Å². The molecular formula is C14H14N2O3. The topological polar surface area (TPSA) is 66.5 Å². The van der Waals surface area contributed by atoms with Crippen LogP contribution in [0.4, 0.5) is 5.69 Å². The minimum atomic E-state index is -0.323. The number of anilines is 1. The molecule has 0 radical (unpaired) electrons. The maximum atomic E-state index is 11.8. The molecule has 1 aliphatic heterocycles. The summed E-state index contributed by atoms with van der Waals surface area (Å²) in [6.45, 7) is 2.03. The van der Waals surface area contributed by atoms with Crippen LogP contribution in [-0.4, -0.2) is 29.7 Å². The average Bonchev–Trinajstić information content (AvgIpc) is 3.08. The summed E-state index contributed by atoms with van der Waals surface area (Å²) in [5, 5.41) is 2.79. The lowest BCUT2D eigenvalue weighted by molar-refractivity contribution is -0.117. The molecule has 5 nitrogen and oxygen atoms in total. The molecule has 2 atom stereocenters. The Kier molecular flexibility index (Phi) is 2.45. The third kappa shape index (κ3) is 1.82. The standard InChI is InChI=1S/C14H14N2O3/c1-7-5-10(7)12(17)15-8-3-4-9-11(6-8)14(19)16(2)13(9)18/h3-4,6-7,10H,5H2,1-2H3,(H,15,17). The molecule has 3 amide bonds. The molecule has 3 rings (SSSR count). The highest BCUT2D eigenvalue weighted by Crippen LogP contribution is 2.38.